The third kappa shape index (κ3) is 5.35. The quantitative estimate of drug-likeness (QED) is 0.226. The summed E-state index contributed by atoms with van der Waals surface area (Å²) in [6.45, 7) is 4.66. The van der Waals surface area contributed by atoms with Crippen LogP contribution in [0.2, 0.25) is 0 Å². The number of methoxy groups -OCH3 is 1. The van der Waals surface area contributed by atoms with E-state index < -0.39 is 0 Å². The number of cyclic esters (lactones) is 1. The van der Waals surface area contributed by atoms with Crippen LogP contribution in [0.15, 0.2) is 91.6 Å². The molecule has 0 bridgehead atoms. The van der Waals surface area contributed by atoms with E-state index in [4.69, 9.17) is 9.47 Å². The van der Waals surface area contributed by atoms with E-state index >= 15 is 0 Å². The Labute approximate surface area is 240 Å². The lowest BCUT2D eigenvalue weighted by Crippen LogP contribution is -2.23. The van der Waals surface area contributed by atoms with Crippen LogP contribution in [-0.4, -0.2) is 46.9 Å². The van der Waals surface area contributed by atoms with E-state index in [0.717, 1.165) is 11.1 Å². The fourth-order valence-corrected chi connectivity index (χ4v) is 4.54. The third-order valence-electron chi connectivity index (χ3n) is 6.78. The average molecular weight is 565 g/mol. The summed E-state index contributed by atoms with van der Waals surface area (Å²) in [4.78, 5) is 30.6. The van der Waals surface area contributed by atoms with Crippen molar-refractivity contribution in [2.75, 3.05) is 35.8 Å². The summed E-state index contributed by atoms with van der Waals surface area (Å²) >= 11 is 0. The highest BCUT2D eigenvalue weighted by atomic mass is 19.1. The molecule has 1 aliphatic heterocycles. The number of rotatable bonds is 8. The Balaban J connectivity index is 1.15. The first-order chi connectivity index (χ1) is 20.4. The number of carbonyl (C=O) groups is 2. The number of amides is 2. The van der Waals surface area contributed by atoms with Gasteiger partial charge >= 0.3 is 6.09 Å². The topological polar surface area (TPSA) is 110 Å². The molecular weight excluding hydrogens is 539 g/mol. The molecule has 2 amide bonds. The molecular formula is C31H25FN6O4. The fourth-order valence-electron chi connectivity index (χ4n) is 4.54. The maximum Gasteiger partial charge on any atom is 0.414 e. The minimum Gasteiger partial charge on any atom is -0.494 e. The lowest BCUT2D eigenvalue weighted by atomic mass is 10.1. The maximum atomic E-state index is 13.2. The number of nitrogens with zero attached hydrogens (tertiary/aromatic N) is 4. The molecule has 1 saturated heterocycles. The van der Waals surface area contributed by atoms with Crippen LogP contribution in [-0.2, 0) is 9.53 Å². The number of nitrogens with one attached hydrogen (secondary N) is 2. The summed E-state index contributed by atoms with van der Waals surface area (Å²) < 4.78 is 25.4. The van der Waals surface area contributed by atoms with E-state index in [9.17, 15) is 14.0 Å². The Morgan fingerprint density at radius 3 is 2.50 bits per heavy atom. The minimum atomic E-state index is -0.386. The van der Waals surface area contributed by atoms with E-state index in [1.165, 1.54) is 24.3 Å². The molecule has 1 aliphatic rings. The summed E-state index contributed by atoms with van der Waals surface area (Å²) in [6, 6.07) is 22.1. The van der Waals surface area contributed by atoms with E-state index in [1.54, 1.807) is 46.9 Å². The second kappa shape index (κ2) is 11.0. The Hall–Kier alpha value is -5.71. The molecule has 2 N–H and O–H groups in total. The molecule has 42 heavy (non-hydrogen) atoms. The monoisotopic (exact) mass is 564 g/mol. The van der Waals surface area contributed by atoms with Crippen molar-refractivity contribution in [3.05, 3.63) is 103 Å². The molecule has 6 rings (SSSR count). The lowest BCUT2D eigenvalue weighted by molar-refractivity contribution is -0.111. The summed E-state index contributed by atoms with van der Waals surface area (Å²) in [5, 5.41) is 10.6. The zero-order valence-corrected chi connectivity index (χ0v) is 22.5. The van der Waals surface area contributed by atoms with Crippen molar-refractivity contribution in [2.24, 2.45) is 0 Å². The highest BCUT2D eigenvalue weighted by molar-refractivity contribution is 6.24. The van der Waals surface area contributed by atoms with Gasteiger partial charge in [0, 0.05) is 29.1 Å². The molecule has 0 saturated carbocycles. The molecule has 2 aromatic heterocycles. The van der Waals surface area contributed by atoms with Gasteiger partial charge in [-0.05, 0) is 59.7 Å². The number of benzene rings is 3. The van der Waals surface area contributed by atoms with Gasteiger partial charge in [-0.3, -0.25) is 9.69 Å². The van der Waals surface area contributed by atoms with Gasteiger partial charge in [0.1, 0.15) is 18.2 Å². The predicted octanol–water partition coefficient (Wildman–Crippen LogP) is 5.90. The number of ether oxygens (including phenoxy) is 2. The summed E-state index contributed by atoms with van der Waals surface area (Å²) in [5.41, 5.74) is 5.15. The molecule has 1 fully saturated rings. The van der Waals surface area contributed by atoms with Crippen molar-refractivity contribution in [1.82, 2.24) is 14.6 Å². The van der Waals surface area contributed by atoms with Crippen LogP contribution in [0.1, 0.15) is 5.56 Å². The van der Waals surface area contributed by atoms with Crippen molar-refractivity contribution < 1.29 is 23.5 Å². The molecule has 0 unspecified atom stereocenters. The van der Waals surface area contributed by atoms with Crippen molar-refractivity contribution in [3.63, 3.8) is 0 Å². The molecule has 10 nitrogen and oxygen atoms in total. The Kier molecular flexibility index (Phi) is 6.97. The summed E-state index contributed by atoms with van der Waals surface area (Å²) in [7, 11) is 1.55. The van der Waals surface area contributed by atoms with Gasteiger partial charge in [0.05, 0.1) is 25.0 Å². The van der Waals surface area contributed by atoms with E-state index in [-0.39, 0.29) is 23.4 Å². The first-order valence-electron chi connectivity index (χ1n) is 13.0. The molecule has 11 heteroatoms. The zero-order valence-electron chi connectivity index (χ0n) is 22.5. The van der Waals surface area contributed by atoms with Gasteiger partial charge < -0.3 is 20.1 Å². The summed E-state index contributed by atoms with van der Waals surface area (Å²) in [5.74, 6) is 0.152. The first-order valence-corrected chi connectivity index (χ1v) is 13.0. The molecule has 0 aliphatic carbocycles. The molecule has 210 valence electrons. The van der Waals surface area contributed by atoms with Crippen LogP contribution >= 0.6 is 0 Å². The summed E-state index contributed by atoms with van der Waals surface area (Å²) in [6.07, 6.45) is 1.47. The van der Waals surface area contributed by atoms with Crippen molar-refractivity contribution in [2.45, 2.75) is 0 Å². The predicted molar refractivity (Wildman–Crippen MR) is 157 cm³/mol. The Morgan fingerprint density at radius 2 is 1.79 bits per heavy atom. The van der Waals surface area contributed by atoms with Crippen molar-refractivity contribution in [1.29, 1.82) is 0 Å². The van der Waals surface area contributed by atoms with E-state index in [0.29, 0.717) is 53.1 Å². The minimum absolute atomic E-state index is 0.241. The average Bonchev–Trinajstić information content (AvgIpc) is 3.62. The standard InChI is InChI=1S/C31H25FN6O4/c1-19(20-3-8-23(32)9-4-20)29(39)33-24-10-5-21(6-11-24)22-7-14-28-35-30(36-38(28)18-22)34-26-13-12-25(17-27(26)41-2)37-15-16-42-31(37)40/h3-14,17-18H,1,15-16H2,2H3,(H,33,39)(H,34,36). The van der Waals surface area contributed by atoms with Gasteiger partial charge in [0.15, 0.2) is 5.65 Å². The number of carbonyl (C=O) groups excluding carboxylic acids is 2. The molecule has 0 spiro atoms. The largest absolute Gasteiger partial charge is 0.494 e. The van der Waals surface area contributed by atoms with Crippen LogP contribution < -0.4 is 20.3 Å². The Bertz CT molecular complexity index is 1820. The molecule has 0 radical (unpaired) electrons. The van der Waals surface area contributed by atoms with Gasteiger partial charge in [0.25, 0.3) is 5.91 Å². The number of aromatic nitrogens is 3. The highest BCUT2D eigenvalue weighted by Gasteiger charge is 2.24. The number of hydrogen-bond acceptors (Lipinski definition) is 7. The fraction of sp³-hybridized carbons (Fsp3) is 0.0968. The van der Waals surface area contributed by atoms with E-state index in [1.807, 2.05) is 30.5 Å². The molecule has 0 atom stereocenters. The number of halogens is 1. The number of hydrogen-bond donors (Lipinski definition) is 2. The normalized spacial score (nSPS) is 12.7. The SMILES string of the molecule is C=C(C(=O)Nc1ccc(-c2ccc3nc(Nc4ccc(N5CCOC5=O)cc4OC)nn3c2)cc1)c1ccc(F)cc1. The zero-order chi connectivity index (χ0) is 29.2. The highest BCUT2D eigenvalue weighted by Crippen LogP contribution is 2.33. The van der Waals surface area contributed by atoms with Crippen LogP contribution in [0.3, 0.4) is 0 Å². The van der Waals surface area contributed by atoms with Gasteiger partial charge in [0.2, 0.25) is 5.95 Å². The van der Waals surface area contributed by atoms with Crippen LogP contribution in [0, 0.1) is 5.82 Å². The molecule has 3 aromatic carbocycles. The maximum absolute atomic E-state index is 13.2. The van der Waals surface area contributed by atoms with Gasteiger partial charge in [-0.2, -0.15) is 4.98 Å². The van der Waals surface area contributed by atoms with Crippen LogP contribution in [0.5, 0.6) is 5.75 Å². The number of fused-ring (bicyclic) bond motifs is 1. The van der Waals surface area contributed by atoms with Gasteiger partial charge in [-0.25, -0.2) is 13.7 Å². The van der Waals surface area contributed by atoms with Crippen LogP contribution in [0.4, 0.5) is 32.2 Å². The van der Waals surface area contributed by atoms with Crippen molar-refractivity contribution in [3.8, 4) is 16.9 Å². The molecule has 5 aromatic rings. The Morgan fingerprint density at radius 1 is 1.02 bits per heavy atom. The molecule has 3 heterocycles. The number of anilines is 4. The van der Waals surface area contributed by atoms with Gasteiger partial charge in [-0.1, -0.05) is 30.8 Å². The lowest BCUT2D eigenvalue weighted by Gasteiger charge is -2.16. The van der Waals surface area contributed by atoms with Crippen molar-refractivity contribution >= 4 is 46.2 Å². The second-order valence-corrected chi connectivity index (χ2v) is 9.45. The first kappa shape index (κ1) is 26.5. The van der Waals surface area contributed by atoms with Crippen LogP contribution in [0.25, 0.3) is 22.3 Å². The smallest absolute Gasteiger partial charge is 0.414 e. The third-order valence-corrected chi connectivity index (χ3v) is 6.78. The second-order valence-electron chi connectivity index (χ2n) is 9.45. The van der Waals surface area contributed by atoms with E-state index in [2.05, 4.69) is 27.3 Å². The number of pyridine rings is 1. The van der Waals surface area contributed by atoms with Gasteiger partial charge in [-0.15, -0.1) is 5.10 Å².